The van der Waals surface area contributed by atoms with Crippen molar-refractivity contribution in [3.05, 3.63) is 28.8 Å². The Balaban J connectivity index is 2.22. The van der Waals surface area contributed by atoms with Gasteiger partial charge in [-0.2, -0.15) is 0 Å². The summed E-state index contributed by atoms with van der Waals surface area (Å²) in [6.07, 6.45) is 1.82. The summed E-state index contributed by atoms with van der Waals surface area (Å²) in [7, 11) is 1.91. The summed E-state index contributed by atoms with van der Waals surface area (Å²) in [5.41, 5.74) is 7.59. The molecule has 1 heterocycles. The van der Waals surface area contributed by atoms with Crippen molar-refractivity contribution in [2.24, 2.45) is 11.7 Å². The highest BCUT2D eigenvalue weighted by Gasteiger charge is 2.29. The first kappa shape index (κ1) is 15.1. The molecule has 20 heavy (non-hydrogen) atoms. The minimum Gasteiger partial charge on any atom is -0.369 e. The van der Waals surface area contributed by atoms with Gasteiger partial charge >= 0.3 is 0 Å². The zero-order valence-corrected chi connectivity index (χ0v) is 12.8. The molecule has 0 radical (unpaired) electrons. The number of rotatable bonds is 4. The van der Waals surface area contributed by atoms with E-state index in [1.807, 2.05) is 19.2 Å². The Morgan fingerprint density at radius 1 is 1.50 bits per heavy atom. The molecule has 5 heteroatoms. The standard InChI is InChI=1S/C15H22ClN3O/c1-10-3-5-12(15(17)20)9-19(10)14-6-4-11(8-18-2)7-13(14)16/h4,6-7,10,12,18H,3,5,8-9H2,1-2H3,(H2,17,20). The van der Waals surface area contributed by atoms with Gasteiger partial charge < -0.3 is 16.0 Å². The lowest BCUT2D eigenvalue weighted by Gasteiger charge is -2.39. The molecule has 3 N–H and O–H groups in total. The smallest absolute Gasteiger partial charge is 0.222 e. The summed E-state index contributed by atoms with van der Waals surface area (Å²) in [5, 5.41) is 3.84. The average molecular weight is 296 g/mol. The third-order valence-electron chi connectivity index (χ3n) is 3.99. The predicted octanol–water partition coefficient (Wildman–Crippen LogP) is 2.15. The third-order valence-corrected chi connectivity index (χ3v) is 4.29. The topological polar surface area (TPSA) is 58.4 Å². The van der Waals surface area contributed by atoms with Gasteiger partial charge in [0.15, 0.2) is 0 Å². The van der Waals surface area contributed by atoms with Crippen LogP contribution in [0.4, 0.5) is 5.69 Å². The second-order valence-electron chi connectivity index (χ2n) is 5.49. The fourth-order valence-electron chi connectivity index (χ4n) is 2.77. The molecule has 2 unspecified atom stereocenters. The largest absolute Gasteiger partial charge is 0.369 e. The molecule has 0 spiro atoms. The van der Waals surface area contributed by atoms with Gasteiger partial charge in [-0.1, -0.05) is 17.7 Å². The van der Waals surface area contributed by atoms with Crippen molar-refractivity contribution < 1.29 is 4.79 Å². The number of carbonyl (C=O) groups excluding carboxylic acids is 1. The van der Waals surface area contributed by atoms with E-state index in [-0.39, 0.29) is 11.8 Å². The number of nitrogens with one attached hydrogen (secondary N) is 1. The highest BCUT2D eigenvalue weighted by molar-refractivity contribution is 6.33. The maximum Gasteiger partial charge on any atom is 0.222 e. The fourth-order valence-corrected chi connectivity index (χ4v) is 3.08. The second-order valence-corrected chi connectivity index (χ2v) is 5.90. The van der Waals surface area contributed by atoms with E-state index in [1.54, 1.807) is 0 Å². The first-order chi connectivity index (χ1) is 9.52. The Morgan fingerprint density at radius 3 is 2.85 bits per heavy atom. The summed E-state index contributed by atoms with van der Waals surface area (Å²) in [6.45, 7) is 3.61. The van der Waals surface area contributed by atoms with Gasteiger partial charge in [0.1, 0.15) is 0 Å². The maximum absolute atomic E-state index is 11.4. The molecular weight excluding hydrogens is 274 g/mol. The monoisotopic (exact) mass is 295 g/mol. The van der Waals surface area contributed by atoms with E-state index in [1.165, 1.54) is 0 Å². The van der Waals surface area contributed by atoms with Crippen molar-refractivity contribution in [3.8, 4) is 0 Å². The van der Waals surface area contributed by atoms with Gasteiger partial charge in [0.2, 0.25) is 5.91 Å². The minimum absolute atomic E-state index is 0.0840. The van der Waals surface area contributed by atoms with Crippen LogP contribution in [0.5, 0.6) is 0 Å². The van der Waals surface area contributed by atoms with Gasteiger partial charge in [0.25, 0.3) is 0 Å². The number of primary amides is 1. The number of hydrogen-bond donors (Lipinski definition) is 2. The first-order valence-corrected chi connectivity index (χ1v) is 7.39. The molecule has 1 aromatic carbocycles. The highest BCUT2D eigenvalue weighted by atomic mass is 35.5. The van der Waals surface area contributed by atoms with Crippen LogP contribution in [-0.4, -0.2) is 25.5 Å². The lowest BCUT2D eigenvalue weighted by atomic mass is 9.92. The Bertz CT molecular complexity index is 492. The molecule has 1 aromatic rings. The molecule has 0 aromatic heterocycles. The molecule has 1 saturated heterocycles. The normalized spacial score (nSPS) is 22.9. The molecule has 1 aliphatic heterocycles. The summed E-state index contributed by atoms with van der Waals surface area (Å²) in [4.78, 5) is 13.6. The predicted molar refractivity (Wildman–Crippen MR) is 82.9 cm³/mol. The molecular formula is C15H22ClN3O. The van der Waals surface area contributed by atoms with Crippen LogP contribution < -0.4 is 16.0 Å². The second kappa shape index (κ2) is 6.46. The number of nitrogens with two attached hydrogens (primary N) is 1. The zero-order chi connectivity index (χ0) is 14.7. The third kappa shape index (κ3) is 3.25. The molecule has 2 rings (SSSR count). The molecule has 1 fully saturated rings. The SMILES string of the molecule is CNCc1ccc(N2CC(C(N)=O)CCC2C)c(Cl)c1. The van der Waals surface area contributed by atoms with Gasteiger partial charge in [-0.25, -0.2) is 0 Å². The molecule has 0 saturated carbocycles. The molecule has 0 aliphatic carbocycles. The average Bonchev–Trinajstić information content (AvgIpc) is 2.40. The zero-order valence-electron chi connectivity index (χ0n) is 12.0. The number of hydrogen-bond acceptors (Lipinski definition) is 3. The maximum atomic E-state index is 11.4. The Hall–Kier alpha value is -1.26. The van der Waals surface area contributed by atoms with E-state index in [0.717, 1.165) is 35.7 Å². The van der Waals surface area contributed by atoms with Crippen molar-refractivity contribution in [2.75, 3.05) is 18.5 Å². The molecule has 4 nitrogen and oxygen atoms in total. The number of anilines is 1. The van der Waals surface area contributed by atoms with Gasteiger partial charge in [-0.3, -0.25) is 4.79 Å². The lowest BCUT2D eigenvalue weighted by Crippen LogP contribution is -2.46. The summed E-state index contributed by atoms with van der Waals surface area (Å²) >= 11 is 6.41. The van der Waals surface area contributed by atoms with Gasteiger partial charge in [0.05, 0.1) is 16.6 Å². The van der Waals surface area contributed by atoms with E-state index in [2.05, 4.69) is 23.2 Å². The van der Waals surface area contributed by atoms with E-state index in [9.17, 15) is 4.79 Å². The number of amides is 1. The van der Waals surface area contributed by atoms with Crippen LogP contribution in [0.1, 0.15) is 25.3 Å². The quantitative estimate of drug-likeness (QED) is 0.895. The number of piperidine rings is 1. The Labute approximate surface area is 125 Å². The molecule has 1 aliphatic rings. The summed E-state index contributed by atoms with van der Waals surface area (Å²) in [5.74, 6) is -0.302. The highest BCUT2D eigenvalue weighted by Crippen LogP contribution is 2.33. The van der Waals surface area contributed by atoms with Crippen molar-refractivity contribution in [2.45, 2.75) is 32.4 Å². The van der Waals surface area contributed by atoms with Gasteiger partial charge in [0, 0.05) is 19.1 Å². The van der Waals surface area contributed by atoms with E-state index < -0.39 is 0 Å². The van der Waals surface area contributed by atoms with E-state index >= 15 is 0 Å². The number of nitrogens with zero attached hydrogens (tertiary/aromatic N) is 1. The molecule has 2 atom stereocenters. The summed E-state index contributed by atoms with van der Waals surface area (Å²) < 4.78 is 0. The van der Waals surface area contributed by atoms with Crippen LogP contribution in [-0.2, 0) is 11.3 Å². The van der Waals surface area contributed by atoms with Crippen LogP contribution in [0.25, 0.3) is 0 Å². The van der Waals surface area contributed by atoms with Crippen LogP contribution in [0.15, 0.2) is 18.2 Å². The Kier molecular flexibility index (Phi) is 4.89. The van der Waals surface area contributed by atoms with Gasteiger partial charge in [-0.15, -0.1) is 0 Å². The number of carbonyl (C=O) groups is 1. The van der Waals surface area contributed by atoms with E-state index in [0.29, 0.717) is 12.6 Å². The number of halogens is 1. The van der Waals surface area contributed by atoms with Crippen molar-refractivity contribution in [1.82, 2.24) is 5.32 Å². The summed E-state index contributed by atoms with van der Waals surface area (Å²) in [6, 6.07) is 6.46. The van der Waals surface area contributed by atoms with Crippen molar-refractivity contribution in [3.63, 3.8) is 0 Å². The molecule has 0 bridgehead atoms. The molecule has 1 amide bonds. The van der Waals surface area contributed by atoms with Crippen molar-refractivity contribution in [1.29, 1.82) is 0 Å². The first-order valence-electron chi connectivity index (χ1n) is 7.02. The molecule has 110 valence electrons. The number of benzene rings is 1. The van der Waals surface area contributed by atoms with Crippen molar-refractivity contribution >= 4 is 23.2 Å². The minimum atomic E-state index is -0.218. The van der Waals surface area contributed by atoms with Crippen LogP contribution in [0.3, 0.4) is 0 Å². The van der Waals surface area contributed by atoms with Crippen LogP contribution in [0.2, 0.25) is 5.02 Å². The Morgan fingerprint density at radius 2 is 2.25 bits per heavy atom. The van der Waals surface area contributed by atoms with Gasteiger partial charge in [-0.05, 0) is 44.5 Å². The van der Waals surface area contributed by atoms with Crippen LogP contribution >= 0.6 is 11.6 Å². The van der Waals surface area contributed by atoms with Crippen LogP contribution in [0, 0.1) is 5.92 Å². The fraction of sp³-hybridized carbons (Fsp3) is 0.533. The van der Waals surface area contributed by atoms with E-state index in [4.69, 9.17) is 17.3 Å². The lowest BCUT2D eigenvalue weighted by molar-refractivity contribution is -0.122.